The number of hydrogen-bond acceptors (Lipinski definition) is 5. The minimum absolute atomic E-state index is 0.0441. The molecule has 0 bridgehead atoms. The molecule has 2 aromatic rings. The van der Waals surface area contributed by atoms with Gasteiger partial charge in [-0.25, -0.2) is 9.59 Å². The molecule has 19 heavy (non-hydrogen) atoms. The smallest absolute Gasteiger partial charge is 0.337 e. The molecule has 2 rings (SSSR count). The van der Waals surface area contributed by atoms with Gasteiger partial charge in [0, 0.05) is 12.3 Å². The molecule has 96 valence electrons. The van der Waals surface area contributed by atoms with Crippen LogP contribution in [0.25, 0.3) is 0 Å². The number of aromatic carboxylic acids is 1. The van der Waals surface area contributed by atoms with Crippen LogP contribution in [0.3, 0.4) is 0 Å². The molecule has 0 saturated heterocycles. The van der Waals surface area contributed by atoms with Crippen molar-refractivity contribution in [3.63, 3.8) is 0 Å². The van der Waals surface area contributed by atoms with Crippen molar-refractivity contribution < 1.29 is 19.1 Å². The number of hydrogen-bond donors (Lipinski definition) is 2. The van der Waals surface area contributed by atoms with Gasteiger partial charge in [-0.3, -0.25) is 9.78 Å². The summed E-state index contributed by atoms with van der Waals surface area (Å²) in [5.74, 6) is -1.68. The molecule has 0 unspecified atom stereocenters. The number of carboxylic acid groups (broad SMARTS) is 1. The van der Waals surface area contributed by atoms with Gasteiger partial charge in [0.1, 0.15) is 6.26 Å². The van der Waals surface area contributed by atoms with Crippen LogP contribution < -0.4 is 10.9 Å². The van der Waals surface area contributed by atoms with Gasteiger partial charge in [0.2, 0.25) is 0 Å². The Morgan fingerprint density at radius 2 is 2.00 bits per heavy atom. The number of carboxylic acids is 1. The van der Waals surface area contributed by atoms with E-state index in [-0.39, 0.29) is 16.8 Å². The molecule has 0 spiro atoms. The predicted octanol–water partition coefficient (Wildman–Crippen LogP) is 0.985. The summed E-state index contributed by atoms with van der Waals surface area (Å²) >= 11 is 0. The number of rotatable bonds is 3. The SMILES string of the molecule is O=C(O)c1cncc(NC(=O)c2ccc(=O)oc2)c1. The zero-order chi connectivity index (χ0) is 13.8. The van der Waals surface area contributed by atoms with E-state index in [1.807, 2.05) is 0 Å². The van der Waals surface area contributed by atoms with Crippen LogP contribution in [-0.2, 0) is 0 Å². The van der Waals surface area contributed by atoms with Crippen molar-refractivity contribution in [1.82, 2.24) is 4.98 Å². The standard InChI is InChI=1S/C12H8N2O5/c15-10-2-1-7(6-19-10)11(16)14-9-3-8(12(17)18)4-13-5-9/h1-6H,(H,14,16)(H,17,18). The molecule has 0 fully saturated rings. The first-order valence-corrected chi connectivity index (χ1v) is 5.15. The van der Waals surface area contributed by atoms with E-state index >= 15 is 0 Å². The molecule has 2 heterocycles. The lowest BCUT2D eigenvalue weighted by Crippen LogP contribution is -2.13. The van der Waals surface area contributed by atoms with Gasteiger partial charge in [0.05, 0.1) is 23.0 Å². The summed E-state index contributed by atoms with van der Waals surface area (Å²) in [5.41, 5.74) is -0.236. The molecule has 0 radical (unpaired) electrons. The minimum Gasteiger partial charge on any atom is -0.478 e. The van der Waals surface area contributed by atoms with E-state index in [0.717, 1.165) is 12.3 Å². The predicted molar refractivity (Wildman–Crippen MR) is 64.1 cm³/mol. The quantitative estimate of drug-likeness (QED) is 0.851. The van der Waals surface area contributed by atoms with Crippen molar-refractivity contribution in [1.29, 1.82) is 0 Å². The van der Waals surface area contributed by atoms with E-state index < -0.39 is 17.5 Å². The summed E-state index contributed by atoms with van der Waals surface area (Å²) in [6.45, 7) is 0. The fraction of sp³-hybridized carbons (Fsp3) is 0. The van der Waals surface area contributed by atoms with Crippen LogP contribution in [0.4, 0.5) is 5.69 Å². The largest absolute Gasteiger partial charge is 0.478 e. The molecule has 2 N–H and O–H groups in total. The molecule has 7 nitrogen and oxygen atoms in total. The Labute approximate surface area is 106 Å². The molecule has 1 amide bonds. The summed E-state index contributed by atoms with van der Waals surface area (Å²) in [6, 6.07) is 3.68. The van der Waals surface area contributed by atoms with E-state index in [1.54, 1.807) is 0 Å². The van der Waals surface area contributed by atoms with Crippen LogP contribution in [0.5, 0.6) is 0 Å². The highest BCUT2D eigenvalue weighted by molar-refractivity contribution is 6.04. The number of carbonyl (C=O) groups is 2. The Kier molecular flexibility index (Phi) is 3.37. The second-order valence-electron chi connectivity index (χ2n) is 3.56. The van der Waals surface area contributed by atoms with Crippen molar-refractivity contribution >= 4 is 17.6 Å². The van der Waals surface area contributed by atoms with Crippen LogP contribution in [0.15, 0.2) is 46.1 Å². The van der Waals surface area contributed by atoms with Gasteiger partial charge in [0.25, 0.3) is 5.91 Å². The van der Waals surface area contributed by atoms with Crippen LogP contribution in [0.2, 0.25) is 0 Å². The molecule has 0 aliphatic rings. The Morgan fingerprint density at radius 1 is 1.21 bits per heavy atom. The Balaban J connectivity index is 2.19. The molecular weight excluding hydrogens is 252 g/mol. The summed E-state index contributed by atoms with van der Waals surface area (Å²) in [4.78, 5) is 36.9. The average molecular weight is 260 g/mol. The average Bonchev–Trinajstić information content (AvgIpc) is 2.39. The van der Waals surface area contributed by atoms with E-state index in [1.165, 1.54) is 24.5 Å². The highest BCUT2D eigenvalue weighted by Gasteiger charge is 2.09. The van der Waals surface area contributed by atoms with Crippen molar-refractivity contribution in [3.8, 4) is 0 Å². The summed E-state index contributed by atoms with van der Waals surface area (Å²) in [7, 11) is 0. The van der Waals surface area contributed by atoms with Gasteiger partial charge in [0.15, 0.2) is 0 Å². The highest BCUT2D eigenvalue weighted by Crippen LogP contribution is 2.10. The summed E-state index contributed by atoms with van der Waals surface area (Å²) < 4.78 is 4.55. The normalized spacial score (nSPS) is 9.89. The van der Waals surface area contributed by atoms with Gasteiger partial charge in [-0.15, -0.1) is 0 Å². The lowest BCUT2D eigenvalue weighted by molar-refractivity contribution is 0.0696. The second-order valence-corrected chi connectivity index (χ2v) is 3.56. The maximum absolute atomic E-state index is 11.8. The van der Waals surface area contributed by atoms with E-state index in [0.29, 0.717) is 0 Å². The lowest BCUT2D eigenvalue weighted by atomic mass is 10.2. The molecular formula is C12H8N2O5. The van der Waals surface area contributed by atoms with Gasteiger partial charge in [-0.2, -0.15) is 0 Å². The highest BCUT2D eigenvalue weighted by atomic mass is 16.4. The monoisotopic (exact) mass is 260 g/mol. The third kappa shape index (κ3) is 3.03. The number of pyridine rings is 1. The van der Waals surface area contributed by atoms with Crippen LogP contribution >= 0.6 is 0 Å². The van der Waals surface area contributed by atoms with E-state index in [9.17, 15) is 14.4 Å². The van der Waals surface area contributed by atoms with E-state index in [2.05, 4.69) is 14.7 Å². The first-order valence-electron chi connectivity index (χ1n) is 5.15. The van der Waals surface area contributed by atoms with Crippen LogP contribution in [0, 0.1) is 0 Å². The van der Waals surface area contributed by atoms with Crippen molar-refractivity contribution in [2.45, 2.75) is 0 Å². The number of aromatic nitrogens is 1. The third-order valence-corrected chi connectivity index (χ3v) is 2.21. The zero-order valence-electron chi connectivity index (χ0n) is 9.49. The number of carbonyl (C=O) groups excluding carboxylic acids is 1. The topological polar surface area (TPSA) is 109 Å². The van der Waals surface area contributed by atoms with Gasteiger partial charge in [-0.1, -0.05) is 0 Å². The molecule has 2 aromatic heterocycles. The molecule has 0 atom stereocenters. The summed E-state index contributed by atoms with van der Waals surface area (Å²) in [5, 5.41) is 11.2. The maximum atomic E-state index is 11.8. The third-order valence-electron chi connectivity index (χ3n) is 2.21. The van der Waals surface area contributed by atoms with Crippen molar-refractivity contribution in [2.24, 2.45) is 0 Å². The van der Waals surface area contributed by atoms with E-state index in [4.69, 9.17) is 5.11 Å². The Morgan fingerprint density at radius 3 is 2.63 bits per heavy atom. The number of anilines is 1. The molecule has 0 saturated carbocycles. The van der Waals surface area contributed by atoms with Gasteiger partial charge >= 0.3 is 11.6 Å². The van der Waals surface area contributed by atoms with Gasteiger partial charge < -0.3 is 14.8 Å². The molecule has 7 heteroatoms. The van der Waals surface area contributed by atoms with Crippen LogP contribution in [0.1, 0.15) is 20.7 Å². The Hall–Kier alpha value is -2.96. The molecule has 0 aliphatic heterocycles. The Bertz CT molecular complexity index is 672. The minimum atomic E-state index is -1.14. The van der Waals surface area contributed by atoms with Gasteiger partial charge in [-0.05, 0) is 12.1 Å². The van der Waals surface area contributed by atoms with Crippen molar-refractivity contribution in [3.05, 3.63) is 58.4 Å². The first kappa shape index (κ1) is 12.5. The molecule has 0 aliphatic carbocycles. The maximum Gasteiger partial charge on any atom is 0.337 e. The van der Waals surface area contributed by atoms with Crippen molar-refractivity contribution in [2.75, 3.05) is 5.32 Å². The fourth-order valence-electron chi connectivity index (χ4n) is 1.32. The first-order chi connectivity index (χ1) is 9.06. The molecule has 0 aromatic carbocycles. The second kappa shape index (κ2) is 5.13. The summed E-state index contributed by atoms with van der Waals surface area (Å²) in [6.07, 6.45) is 3.50. The number of amides is 1. The number of nitrogens with zero attached hydrogens (tertiary/aromatic N) is 1. The fourth-order valence-corrected chi connectivity index (χ4v) is 1.32. The zero-order valence-corrected chi connectivity index (χ0v) is 9.49. The number of nitrogens with one attached hydrogen (secondary N) is 1. The lowest BCUT2D eigenvalue weighted by Gasteiger charge is -2.04. The van der Waals surface area contributed by atoms with Crippen LogP contribution in [-0.4, -0.2) is 22.0 Å².